The number of benzene rings is 1. The van der Waals surface area contributed by atoms with Crippen LogP contribution in [0.3, 0.4) is 0 Å². The van der Waals surface area contributed by atoms with E-state index >= 15 is 0 Å². The molecule has 1 aromatic carbocycles. The molecule has 8 heteroatoms. The Hall–Kier alpha value is -3.06. The highest BCUT2D eigenvalue weighted by Crippen LogP contribution is 2.40. The van der Waals surface area contributed by atoms with Crippen LogP contribution in [0.2, 0.25) is 5.02 Å². The van der Waals surface area contributed by atoms with Gasteiger partial charge in [0, 0.05) is 29.4 Å². The van der Waals surface area contributed by atoms with Crippen molar-refractivity contribution in [1.29, 1.82) is 0 Å². The predicted octanol–water partition coefficient (Wildman–Crippen LogP) is 4.26. The smallest absolute Gasteiger partial charge is 0.255 e. The summed E-state index contributed by atoms with van der Waals surface area (Å²) in [4.78, 5) is 20.2. The number of hydrogen-bond donors (Lipinski definition) is 4. The second-order valence-corrected chi connectivity index (χ2v) is 7.82. The van der Waals surface area contributed by atoms with Gasteiger partial charge in [0.25, 0.3) is 5.91 Å². The molecule has 0 atom stereocenters. The van der Waals surface area contributed by atoms with Crippen molar-refractivity contribution in [1.82, 2.24) is 15.3 Å². The number of pyridine rings is 1. The Kier molecular flexibility index (Phi) is 4.27. The number of nitrogens with one attached hydrogen (secondary N) is 3. The number of nitrogens with zero attached hydrogens (tertiary/aromatic N) is 1. The number of nitrogens with two attached hydrogens (primary N) is 1. The van der Waals surface area contributed by atoms with Crippen LogP contribution in [0.25, 0.3) is 11.3 Å². The number of halogens is 2. The minimum absolute atomic E-state index is 0.0470. The van der Waals surface area contributed by atoms with Crippen molar-refractivity contribution < 1.29 is 9.18 Å². The molecule has 5 N–H and O–H groups in total. The quantitative estimate of drug-likeness (QED) is 0.529. The second-order valence-electron chi connectivity index (χ2n) is 7.44. The van der Waals surface area contributed by atoms with Crippen molar-refractivity contribution >= 4 is 34.7 Å². The first-order valence-corrected chi connectivity index (χ1v) is 9.13. The molecule has 0 saturated heterocycles. The number of rotatable bonds is 3. The minimum atomic E-state index is -0.545. The Morgan fingerprint density at radius 1 is 1.32 bits per heavy atom. The van der Waals surface area contributed by atoms with Crippen molar-refractivity contribution in [3.05, 3.63) is 58.6 Å². The molecule has 0 aliphatic carbocycles. The summed E-state index contributed by atoms with van der Waals surface area (Å²) >= 11 is 6.12. The Morgan fingerprint density at radius 2 is 2.11 bits per heavy atom. The summed E-state index contributed by atoms with van der Waals surface area (Å²) in [7, 11) is 0. The molecule has 0 spiro atoms. The topological polar surface area (TPSA) is 95.8 Å². The van der Waals surface area contributed by atoms with Crippen LogP contribution in [-0.2, 0) is 6.42 Å². The van der Waals surface area contributed by atoms with Gasteiger partial charge in [0.05, 0.1) is 27.7 Å². The zero-order valence-corrected chi connectivity index (χ0v) is 16.1. The molecule has 0 fully saturated rings. The van der Waals surface area contributed by atoms with E-state index in [0.29, 0.717) is 34.9 Å². The Balaban J connectivity index is 1.91. The molecule has 1 aliphatic rings. The standard InChI is InChI=1S/C20H19ClFN5O/c1-20(2)9-13-15(19(28)27-20)18(25-12-5-3-4-11(22)16(12)21)17(26-13)10-6-7-24-14(23)8-10/h3-8,25-26H,9H2,1-2H3,(H2,23,24)(H,27,28). The van der Waals surface area contributed by atoms with Crippen molar-refractivity contribution in [3.63, 3.8) is 0 Å². The van der Waals surface area contributed by atoms with Crippen LogP contribution in [0.5, 0.6) is 0 Å². The largest absolute Gasteiger partial charge is 0.384 e. The van der Waals surface area contributed by atoms with Gasteiger partial charge < -0.3 is 21.4 Å². The maximum Gasteiger partial charge on any atom is 0.255 e. The summed E-state index contributed by atoms with van der Waals surface area (Å²) in [5.41, 5.74) is 9.00. The van der Waals surface area contributed by atoms with Crippen molar-refractivity contribution in [2.24, 2.45) is 0 Å². The number of hydrogen-bond acceptors (Lipinski definition) is 4. The molecule has 0 radical (unpaired) electrons. The SMILES string of the molecule is CC1(C)Cc2[nH]c(-c3ccnc(N)c3)c(Nc3cccc(F)c3Cl)c2C(=O)N1. The third-order valence-electron chi connectivity index (χ3n) is 4.66. The molecular formula is C20H19ClFN5O. The van der Waals surface area contributed by atoms with Gasteiger partial charge >= 0.3 is 0 Å². The highest BCUT2D eigenvalue weighted by Gasteiger charge is 2.35. The number of carbonyl (C=O) groups excluding carboxylic acids is 1. The van der Waals surface area contributed by atoms with E-state index in [4.69, 9.17) is 17.3 Å². The van der Waals surface area contributed by atoms with Crippen LogP contribution in [0.15, 0.2) is 36.5 Å². The average molecular weight is 400 g/mol. The third kappa shape index (κ3) is 3.18. The first kappa shape index (κ1) is 18.3. The molecule has 1 aliphatic heterocycles. The van der Waals surface area contributed by atoms with E-state index in [1.807, 2.05) is 13.8 Å². The molecule has 3 heterocycles. The number of anilines is 3. The minimum Gasteiger partial charge on any atom is -0.384 e. The first-order chi connectivity index (χ1) is 13.2. The lowest BCUT2D eigenvalue weighted by atomic mass is 9.91. The van der Waals surface area contributed by atoms with Gasteiger partial charge in [0.15, 0.2) is 0 Å². The number of H-pyrrole nitrogens is 1. The van der Waals surface area contributed by atoms with Gasteiger partial charge in [-0.25, -0.2) is 9.37 Å². The van der Waals surface area contributed by atoms with E-state index in [-0.39, 0.29) is 10.9 Å². The number of aromatic amines is 1. The van der Waals surface area contributed by atoms with E-state index in [2.05, 4.69) is 20.6 Å². The highest BCUT2D eigenvalue weighted by atomic mass is 35.5. The molecule has 2 aromatic heterocycles. The summed E-state index contributed by atoms with van der Waals surface area (Å²) in [6.07, 6.45) is 2.20. The highest BCUT2D eigenvalue weighted by molar-refractivity contribution is 6.33. The Morgan fingerprint density at radius 3 is 2.86 bits per heavy atom. The van der Waals surface area contributed by atoms with Crippen molar-refractivity contribution in [3.8, 4) is 11.3 Å². The molecule has 0 saturated carbocycles. The molecule has 6 nitrogen and oxygen atoms in total. The van der Waals surface area contributed by atoms with E-state index in [1.54, 1.807) is 30.5 Å². The second kappa shape index (κ2) is 6.53. The molecule has 144 valence electrons. The van der Waals surface area contributed by atoms with Crippen LogP contribution in [0.4, 0.5) is 21.6 Å². The summed E-state index contributed by atoms with van der Waals surface area (Å²) in [5.74, 6) is -0.410. The van der Waals surface area contributed by atoms with Crippen molar-refractivity contribution in [2.45, 2.75) is 25.8 Å². The molecule has 28 heavy (non-hydrogen) atoms. The predicted molar refractivity (Wildman–Crippen MR) is 108 cm³/mol. The van der Waals surface area contributed by atoms with E-state index in [1.165, 1.54) is 6.07 Å². The summed E-state index contributed by atoms with van der Waals surface area (Å²) in [6.45, 7) is 3.91. The average Bonchev–Trinajstić information content (AvgIpc) is 2.96. The summed E-state index contributed by atoms with van der Waals surface area (Å²) < 4.78 is 13.9. The Bertz CT molecular complexity index is 1090. The lowest BCUT2D eigenvalue weighted by Gasteiger charge is -2.30. The molecule has 4 rings (SSSR count). The van der Waals surface area contributed by atoms with Gasteiger partial charge in [-0.05, 0) is 38.1 Å². The molecule has 0 bridgehead atoms. The van der Waals surface area contributed by atoms with Crippen molar-refractivity contribution in [2.75, 3.05) is 11.1 Å². The number of amides is 1. The summed E-state index contributed by atoms with van der Waals surface area (Å²) in [6, 6.07) is 7.98. The third-order valence-corrected chi connectivity index (χ3v) is 5.04. The molecule has 3 aromatic rings. The molecule has 0 unspecified atom stereocenters. The van der Waals surface area contributed by atoms with Gasteiger partial charge in [0.1, 0.15) is 11.6 Å². The van der Waals surface area contributed by atoms with Crippen LogP contribution >= 0.6 is 11.6 Å². The van der Waals surface area contributed by atoms with Crippen LogP contribution in [-0.4, -0.2) is 21.4 Å². The lowest BCUT2D eigenvalue weighted by molar-refractivity contribution is 0.0897. The normalized spacial score (nSPS) is 15.1. The maximum absolute atomic E-state index is 13.9. The van der Waals surface area contributed by atoms with Gasteiger partial charge in [0.2, 0.25) is 0 Å². The van der Waals surface area contributed by atoms with Gasteiger partial charge in [-0.1, -0.05) is 17.7 Å². The molecular weight excluding hydrogens is 381 g/mol. The fourth-order valence-electron chi connectivity index (χ4n) is 3.47. The monoisotopic (exact) mass is 399 g/mol. The zero-order valence-electron chi connectivity index (χ0n) is 15.4. The lowest BCUT2D eigenvalue weighted by Crippen LogP contribution is -2.49. The fraction of sp³-hybridized carbons (Fsp3) is 0.200. The first-order valence-electron chi connectivity index (χ1n) is 8.75. The van der Waals surface area contributed by atoms with Crippen LogP contribution in [0.1, 0.15) is 29.9 Å². The molecule has 1 amide bonds. The Labute approximate surface area is 166 Å². The number of carbonyl (C=O) groups is 1. The van der Waals surface area contributed by atoms with Crippen LogP contribution in [0, 0.1) is 5.82 Å². The van der Waals surface area contributed by atoms with E-state index in [0.717, 1.165) is 11.3 Å². The van der Waals surface area contributed by atoms with Gasteiger partial charge in [-0.2, -0.15) is 0 Å². The summed E-state index contributed by atoms with van der Waals surface area (Å²) in [5, 5.41) is 6.09. The number of aromatic nitrogens is 2. The van der Waals surface area contributed by atoms with Crippen LogP contribution < -0.4 is 16.4 Å². The van der Waals surface area contributed by atoms with Gasteiger partial charge in [-0.3, -0.25) is 4.79 Å². The van der Waals surface area contributed by atoms with E-state index < -0.39 is 11.4 Å². The fourth-order valence-corrected chi connectivity index (χ4v) is 3.64. The maximum atomic E-state index is 13.9. The van der Waals surface area contributed by atoms with Gasteiger partial charge in [-0.15, -0.1) is 0 Å². The number of fused-ring (bicyclic) bond motifs is 1. The number of nitrogen functional groups attached to an aromatic ring is 1. The van der Waals surface area contributed by atoms with E-state index in [9.17, 15) is 9.18 Å². The zero-order chi connectivity index (χ0) is 20.1.